The molecule has 0 aliphatic heterocycles. The van der Waals surface area contributed by atoms with Crippen LogP contribution in [0.3, 0.4) is 0 Å². The highest BCUT2D eigenvalue weighted by atomic mass is 35.5. The number of fused-ring (bicyclic) bond motifs is 1. The van der Waals surface area contributed by atoms with Crippen LogP contribution in [-0.4, -0.2) is 12.1 Å². The predicted molar refractivity (Wildman–Crippen MR) is 119 cm³/mol. The second-order valence-corrected chi connectivity index (χ2v) is 7.67. The normalized spacial score (nSPS) is 11.1. The third-order valence-electron chi connectivity index (χ3n) is 4.34. The second kappa shape index (κ2) is 8.90. The van der Waals surface area contributed by atoms with E-state index in [0.717, 1.165) is 21.9 Å². The van der Waals surface area contributed by atoms with Gasteiger partial charge in [0.15, 0.2) is 0 Å². The van der Waals surface area contributed by atoms with Gasteiger partial charge in [-0.05, 0) is 46.0 Å². The molecule has 4 nitrogen and oxygen atoms in total. The molecule has 1 N–H and O–H groups in total. The first kappa shape index (κ1) is 19.2. The Labute approximate surface area is 177 Å². The van der Waals surface area contributed by atoms with E-state index in [9.17, 15) is 4.79 Å². The summed E-state index contributed by atoms with van der Waals surface area (Å²) >= 11 is 7.32. The number of hydrazone groups is 1. The topological polar surface area (TPSA) is 50.7 Å². The van der Waals surface area contributed by atoms with Gasteiger partial charge in [0.2, 0.25) is 0 Å². The molecule has 0 aliphatic rings. The summed E-state index contributed by atoms with van der Waals surface area (Å²) in [6, 6.07) is 23.0. The van der Waals surface area contributed by atoms with Crippen LogP contribution in [0.1, 0.15) is 20.8 Å². The quantitative estimate of drug-likeness (QED) is 0.312. The van der Waals surface area contributed by atoms with Crippen LogP contribution in [0.15, 0.2) is 83.3 Å². The molecule has 0 atom stereocenters. The number of halogens is 1. The minimum atomic E-state index is -0.236. The monoisotopic (exact) mass is 420 g/mol. The Kier molecular flexibility index (Phi) is 5.89. The Morgan fingerprint density at radius 3 is 2.66 bits per heavy atom. The van der Waals surface area contributed by atoms with Crippen molar-refractivity contribution in [3.05, 3.63) is 99.2 Å². The Morgan fingerprint density at radius 1 is 1.03 bits per heavy atom. The van der Waals surface area contributed by atoms with Crippen LogP contribution < -0.4 is 10.2 Å². The molecule has 0 unspecified atom stereocenters. The van der Waals surface area contributed by atoms with Crippen LogP contribution in [0, 0.1) is 0 Å². The molecule has 0 fully saturated rings. The molecule has 144 valence electrons. The van der Waals surface area contributed by atoms with Crippen molar-refractivity contribution in [3.8, 4) is 5.75 Å². The highest BCUT2D eigenvalue weighted by molar-refractivity contribution is 7.12. The van der Waals surface area contributed by atoms with E-state index < -0.39 is 0 Å². The van der Waals surface area contributed by atoms with Gasteiger partial charge in [-0.15, -0.1) is 11.3 Å². The number of hydrogen-bond acceptors (Lipinski definition) is 4. The van der Waals surface area contributed by atoms with E-state index in [1.165, 1.54) is 11.3 Å². The molecular weight excluding hydrogens is 404 g/mol. The largest absolute Gasteiger partial charge is 0.488 e. The molecule has 6 heteroatoms. The zero-order valence-corrected chi connectivity index (χ0v) is 16.9. The van der Waals surface area contributed by atoms with Gasteiger partial charge in [0.1, 0.15) is 12.4 Å². The maximum absolute atomic E-state index is 12.1. The molecule has 4 rings (SSSR count). The predicted octanol–water partition coefficient (Wildman–Crippen LogP) is 5.90. The molecule has 0 radical (unpaired) electrons. The van der Waals surface area contributed by atoms with Gasteiger partial charge in [-0.3, -0.25) is 4.79 Å². The molecule has 0 saturated carbocycles. The molecular formula is C23H17ClN2O2S. The van der Waals surface area contributed by atoms with Gasteiger partial charge in [0, 0.05) is 10.6 Å². The Balaban J connectivity index is 1.59. The van der Waals surface area contributed by atoms with Crippen molar-refractivity contribution in [1.82, 2.24) is 5.43 Å². The first-order valence-electron chi connectivity index (χ1n) is 8.96. The number of nitrogens with zero attached hydrogens (tertiary/aromatic N) is 1. The van der Waals surface area contributed by atoms with Gasteiger partial charge < -0.3 is 4.74 Å². The summed E-state index contributed by atoms with van der Waals surface area (Å²) < 4.78 is 6.06. The summed E-state index contributed by atoms with van der Waals surface area (Å²) in [4.78, 5) is 12.7. The Morgan fingerprint density at radius 2 is 1.86 bits per heavy atom. The standard InChI is InChI=1S/C23H17ClN2O2S/c24-18-10-7-16(8-11-18)15-28-21-12-9-17-4-1-2-5-19(17)20(21)14-25-26-23(27)22-6-3-13-29-22/h1-14H,15H2,(H,26,27)/b25-14-. The zero-order valence-electron chi connectivity index (χ0n) is 15.3. The summed E-state index contributed by atoms with van der Waals surface area (Å²) in [6.07, 6.45) is 1.63. The van der Waals surface area contributed by atoms with Crippen LogP contribution >= 0.6 is 22.9 Å². The SMILES string of the molecule is O=C(N/N=C\c1c(OCc2ccc(Cl)cc2)ccc2ccccc12)c1cccs1. The van der Waals surface area contributed by atoms with Gasteiger partial charge in [-0.2, -0.15) is 5.10 Å². The van der Waals surface area contributed by atoms with E-state index in [4.69, 9.17) is 16.3 Å². The fourth-order valence-corrected chi connectivity index (χ4v) is 3.63. The summed E-state index contributed by atoms with van der Waals surface area (Å²) in [6.45, 7) is 0.401. The molecule has 0 saturated heterocycles. The van der Waals surface area contributed by atoms with E-state index in [1.807, 2.05) is 72.1 Å². The van der Waals surface area contributed by atoms with Crippen molar-refractivity contribution in [1.29, 1.82) is 0 Å². The molecule has 0 aliphatic carbocycles. The van der Waals surface area contributed by atoms with Crippen LogP contribution in [-0.2, 0) is 6.61 Å². The van der Waals surface area contributed by atoms with E-state index in [-0.39, 0.29) is 5.91 Å². The lowest BCUT2D eigenvalue weighted by Crippen LogP contribution is -2.16. The number of carbonyl (C=O) groups is 1. The third-order valence-corrected chi connectivity index (χ3v) is 5.46. The number of thiophene rings is 1. The van der Waals surface area contributed by atoms with Crippen molar-refractivity contribution in [3.63, 3.8) is 0 Å². The molecule has 29 heavy (non-hydrogen) atoms. The van der Waals surface area contributed by atoms with Crippen LogP contribution in [0.4, 0.5) is 0 Å². The minimum absolute atomic E-state index is 0.236. The number of amides is 1. The van der Waals surface area contributed by atoms with Crippen LogP contribution in [0.2, 0.25) is 5.02 Å². The molecule has 3 aromatic carbocycles. The molecule has 1 amide bonds. The van der Waals surface area contributed by atoms with Gasteiger partial charge in [-0.25, -0.2) is 5.43 Å². The van der Waals surface area contributed by atoms with Crippen molar-refractivity contribution in [2.24, 2.45) is 5.10 Å². The number of hydrogen-bond donors (Lipinski definition) is 1. The fraction of sp³-hybridized carbons (Fsp3) is 0.0435. The lowest BCUT2D eigenvalue weighted by Gasteiger charge is -2.12. The lowest BCUT2D eigenvalue weighted by molar-refractivity contribution is 0.0959. The summed E-state index contributed by atoms with van der Waals surface area (Å²) in [7, 11) is 0. The molecule has 1 heterocycles. The average molecular weight is 421 g/mol. The fourth-order valence-electron chi connectivity index (χ4n) is 2.89. The number of nitrogens with one attached hydrogen (secondary N) is 1. The van der Waals surface area contributed by atoms with Crippen molar-refractivity contribution in [2.75, 3.05) is 0 Å². The van der Waals surface area contributed by atoms with E-state index in [0.29, 0.717) is 22.3 Å². The molecule has 0 spiro atoms. The van der Waals surface area contributed by atoms with Crippen molar-refractivity contribution >= 4 is 45.8 Å². The van der Waals surface area contributed by atoms with Gasteiger partial charge in [-0.1, -0.05) is 60.1 Å². The zero-order chi connectivity index (χ0) is 20.1. The smallest absolute Gasteiger partial charge is 0.281 e. The third kappa shape index (κ3) is 4.65. The Hall–Kier alpha value is -3.15. The Bertz CT molecular complexity index is 1160. The number of ether oxygens (including phenoxy) is 1. The number of carbonyl (C=O) groups excluding carboxylic acids is 1. The van der Waals surface area contributed by atoms with Crippen molar-refractivity contribution < 1.29 is 9.53 Å². The highest BCUT2D eigenvalue weighted by Crippen LogP contribution is 2.27. The van der Waals surface area contributed by atoms with Crippen LogP contribution in [0.5, 0.6) is 5.75 Å². The highest BCUT2D eigenvalue weighted by Gasteiger charge is 2.09. The molecule has 1 aromatic heterocycles. The van der Waals surface area contributed by atoms with Crippen molar-refractivity contribution in [2.45, 2.75) is 6.61 Å². The lowest BCUT2D eigenvalue weighted by atomic mass is 10.0. The van der Waals surface area contributed by atoms with E-state index >= 15 is 0 Å². The van der Waals surface area contributed by atoms with E-state index in [2.05, 4.69) is 10.5 Å². The van der Waals surface area contributed by atoms with Crippen LogP contribution in [0.25, 0.3) is 10.8 Å². The van der Waals surface area contributed by atoms with Gasteiger partial charge in [0.05, 0.1) is 11.1 Å². The second-order valence-electron chi connectivity index (χ2n) is 6.29. The first-order chi connectivity index (χ1) is 14.2. The minimum Gasteiger partial charge on any atom is -0.488 e. The number of benzene rings is 3. The maximum atomic E-state index is 12.1. The first-order valence-corrected chi connectivity index (χ1v) is 10.2. The molecule has 4 aromatic rings. The molecule has 0 bridgehead atoms. The maximum Gasteiger partial charge on any atom is 0.281 e. The van der Waals surface area contributed by atoms with Gasteiger partial charge >= 0.3 is 0 Å². The number of rotatable bonds is 6. The average Bonchev–Trinajstić information content (AvgIpc) is 3.29. The van der Waals surface area contributed by atoms with Gasteiger partial charge in [0.25, 0.3) is 5.91 Å². The summed E-state index contributed by atoms with van der Waals surface area (Å²) in [5.41, 5.74) is 4.40. The summed E-state index contributed by atoms with van der Waals surface area (Å²) in [5.74, 6) is 0.452. The summed E-state index contributed by atoms with van der Waals surface area (Å²) in [5, 5.41) is 8.76. The van der Waals surface area contributed by atoms with E-state index in [1.54, 1.807) is 12.3 Å².